The second kappa shape index (κ2) is 8.23. The lowest BCUT2D eigenvalue weighted by atomic mass is 10.1. The lowest BCUT2D eigenvalue weighted by Gasteiger charge is -2.17. The summed E-state index contributed by atoms with van der Waals surface area (Å²) in [7, 11) is 0. The molecule has 1 aromatic carbocycles. The van der Waals surface area contributed by atoms with Crippen LogP contribution in [0.5, 0.6) is 0 Å². The largest absolute Gasteiger partial charge is 0.478 e. The Morgan fingerprint density at radius 1 is 1.42 bits per heavy atom. The molecule has 7 nitrogen and oxygen atoms in total. The van der Waals surface area contributed by atoms with Crippen LogP contribution in [0.1, 0.15) is 23.2 Å². The molecule has 7 heteroatoms. The van der Waals surface area contributed by atoms with Crippen LogP contribution in [0.4, 0.5) is 5.82 Å². The van der Waals surface area contributed by atoms with Crippen molar-refractivity contribution in [3.63, 3.8) is 0 Å². The van der Waals surface area contributed by atoms with Crippen LogP contribution in [-0.2, 0) is 11.3 Å². The van der Waals surface area contributed by atoms with Crippen LogP contribution >= 0.6 is 0 Å². The summed E-state index contributed by atoms with van der Waals surface area (Å²) in [6, 6.07) is 10.1. The molecule has 0 unspecified atom stereocenters. The van der Waals surface area contributed by atoms with Crippen LogP contribution in [0.15, 0.2) is 42.7 Å². The molecule has 1 saturated heterocycles. The maximum absolute atomic E-state index is 10.5. The van der Waals surface area contributed by atoms with E-state index in [1.807, 2.05) is 24.3 Å². The number of nitrogens with one attached hydrogen (secondary N) is 1. The fourth-order valence-electron chi connectivity index (χ4n) is 2.96. The van der Waals surface area contributed by atoms with Gasteiger partial charge in [0, 0.05) is 31.8 Å². The Morgan fingerprint density at radius 2 is 2.31 bits per heavy atom. The third-order valence-corrected chi connectivity index (χ3v) is 4.16. The molecule has 1 aliphatic rings. The first kappa shape index (κ1) is 17.6. The first-order valence-corrected chi connectivity index (χ1v) is 8.33. The smallest absolute Gasteiger partial charge is 0.328 e. The molecule has 1 aromatic heterocycles. The summed E-state index contributed by atoms with van der Waals surface area (Å²) in [5, 5.41) is 21.0. The molecule has 0 aliphatic carbocycles. The zero-order chi connectivity index (χ0) is 18.4. The SMILES string of the molecule is N#Cc1cccc(CN2CC[C@@H](Nc3cnc(C=CC(=O)O)cn3)C2)c1. The number of likely N-dealkylation sites (tertiary alicyclic amines) is 1. The number of rotatable bonds is 6. The van der Waals surface area contributed by atoms with E-state index in [0.717, 1.165) is 37.7 Å². The standard InChI is InChI=1S/C19H19N5O2/c20-9-14-2-1-3-15(8-14)12-24-7-6-17(13-24)23-18-11-21-16(10-22-18)4-5-19(25)26/h1-5,8,10-11,17H,6-7,12-13H2,(H,22,23)(H,25,26)/t17-/m1/s1. The number of benzene rings is 1. The molecule has 0 bridgehead atoms. The summed E-state index contributed by atoms with van der Waals surface area (Å²) >= 11 is 0. The van der Waals surface area contributed by atoms with E-state index >= 15 is 0 Å². The van der Waals surface area contributed by atoms with Gasteiger partial charge in [-0.2, -0.15) is 5.26 Å². The second-order valence-electron chi connectivity index (χ2n) is 6.18. The maximum atomic E-state index is 10.5. The number of nitrogens with zero attached hydrogens (tertiary/aromatic N) is 4. The molecule has 0 spiro atoms. The van der Waals surface area contributed by atoms with Crippen LogP contribution < -0.4 is 5.32 Å². The lowest BCUT2D eigenvalue weighted by molar-refractivity contribution is -0.131. The lowest BCUT2D eigenvalue weighted by Crippen LogP contribution is -2.26. The van der Waals surface area contributed by atoms with Crippen LogP contribution in [-0.4, -0.2) is 45.1 Å². The number of aromatic nitrogens is 2. The third-order valence-electron chi connectivity index (χ3n) is 4.16. The Morgan fingerprint density at radius 3 is 3.04 bits per heavy atom. The zero-order valence-corrected chi connectivity index (χ0v) is 14.2. The highest BCUT2D eigenvalue weighted by Gasteiger charge is 2.22. The van der Waals surface area contributed by atoms with Gasteiger partial charge >= 0.3 is 5.97 Å². The highest BCUT2D eigenvalue weighted by atomic mass is 16.4. The molecule has 26 heavy (non-hydrogen) atoms. The molecular weight excluding hydrogens is 330 g/mol. The van der Waals surface area contributed by atoms with Crippen molar-refractivity contribution in [2.75, 3.05) is 18.4 Å². The van der Waals surface area contributed by atoms with E-state index in [1.165, 1.54) is 6.08 Å². The fourth-order valence-corrected chi connectivity index (χ4v) is 2.96. The molecular formula is C19H19N5O2. The van der Waals surface area contributed by atoms with E-state index < -0.39 is 5.97 Å². The second-order valence-corrected chi connectivity index (χ2v) is 6.18. The number of hydrogen-bond donors (Lipinski definition) is 2. The summed E-state index contributed by atoms with van der Waals surface area (Å²) in [5.41, 5.74) is 2.33. The van der Waals surface area contributed by atoms with Crippen molar-refractivity contribution in [1.29, 1.82) is 5.26 Å². The molecule has 3 rings (SSSR count). The number of carbonyl (C=O) groups is 1. The molecule has 1 fully saturated rings. The Labute approximate surface area is 151 Å². The van der Waals surface area contributed by atoms with Crippen LogP contribution in [0.3, 0.4) is 0 Å². The minimum absolute atomic E-state index is 0.281. The average Bonchev–Trinajstić information content (AvgIpc) is 3.08. The Hall–Kier alpha value is -3.24. The molecule has 1 aliphatic heterocycles. The van der Waals surface area contributed by atoms with Gasteiger partial charge in [-0.1, -0.05) is 12.1 Å². The van der Waals surface area contributed by atoms with Gasteiger partial charge in [0.1, 0.15) is 5.82 Å². The summed E-state index contributed by atoms with van der Waals surface area (Å²) in [6.45, 7) is 2.68. The van der Waals surface area contributed by atoms with Crippen molar-refractivity contribution in [3.8, 4) is 6.07 Å². The van der Waals surface area contributed by atoms with Crippen molar-refractivity contribution < 1.29 is 9.90 Å². The highest BCUT2D eigenvalue weighted by molar-refractivity contribution is 5.84. The van der Waals surface area contributed by atoms with E-state index in [2.05, 4.69) is 26.3 Å². The van der Waals surface area contributed by atoms with E-state index in [1.54, 1.807) is 12.4 Å². The number of carboxylic acid groups (broad SMARTS) is 1. The zero-order valence-electron chi connectivity index (χ0n) is 14.2. The number of hydrogen-bond acceptors (Lipinski definition) is 6. The Balaban J connectivity index is 1.52. The van der Waals surface area contributed by atoms with Crippen LogP contribution in [0.25, 0.3) is 6.08 Å². The predicted molar refractivity (Wildman–Crippen MR) is 97.2 cm³/mol. The fraction of sp³-hybridized carbons (Fsp3) is 0.263. The number of aliphatic carboxylic acids is 1. The Kier molecular flexibility index (Phi) is 5.56. The summed E-state index contributed by atoms with van der Waals surface area (Å²) in [5.74, 6) is -0.337. The maximum Gasteiger partial charge on any atom is 0.328 e. The summed E-state index contributed by atoms with van der Waals surface area (Å²) in [6.07, 6.45) is 6.60. The topological polar surface area (TPSA) is 102 Å². The molecule has 0 saturated carbocycles. The third kappa shape index (κ3) is 4.88. The molecule has 0 amide bonds. The van der Waals surface area contributed by atoms with Crippen molar-refractivity contribution in [2.45, 2.75) is 19.0 Å². The van der Waals surface area contributed by atoms with Crippen molar-refractivity contribution in [2.24, 2.45) is 0 Å². The van der Waals surface area contributed by atoms with Gasteiger partial charge in [0.25, 0.3) is 0 Å². The normalized spacial score (nSPS) is 17.3. The molecule has 2 heterocycles. The quantitative estimate of drug-likeness (QED) is 0.770. The van der Waals surface area contributed by atoms with Crippen LogP contribution in [0.2, 0.25) is 0 Å². The van der Waals surface area contributed by atoms with Gasteiger partial charge in [0.15, 0.2) is 0 Å². The van der Waals surface area contributed by atoms with Crippen molar-refractivity contribution in [1.82, 2.24) is 14.9 Å². The van der Waals surface area contributed by atoms with E-state index in [9.17, 15) is 4.79 Å². The van der Waals surface area contributed by atoms with E-state index in [4.69, 9.17) is 10.4 Å². The van der Waals surface area contributed by atoms with Gasteiger partial charge < -0.3 is 10.4 Å². The van der Waals surface area contributed by atoms with Gasteiger partial charge in [0.05, 0.1) is 29.7 Å². The molecule has 132 valence electrons. The molecule has 1 atom stereocenters. The minimum Gasteiger partial charge on any atom is -0.478 e. The summed E-state index contributed by atoms with van der Waals surface area (Å²) < 4.78 is 0. The first-order chi connectivity index (χ1) is 12.6. The van der Waals surface area contributed by atoms with Crippen molar-refractivity contribution in [3.05, 3.63) is 59.6 Å². The van der Waals surface area contributed by atoms with Crippen molar-refractivity contribution >= 4 is 17.9 Å². The molecule has 2 N–H and O–H groups in total. The minimum atomic E-state index is -1.01. The summed E-state index contributed by atoms with van der Waals surface area (Å²) in [4.78, 5) is 21.3. The van der Waals surface area contributed by atoms with Gasteiger partial charge in [-0.05, 0) is 30.2 Å². The van der Waals surface area contributed by atoms with E-state index in [0.29, 0.717) is 17.1 Å². The monoisotopic (exact) mass is 349 g/mol. The number of carboxylic acids is 1. The van der Waals surface area contributed by atoms with Gasteiger partial charge in [0.2, 0.25) is 0 Å². The Bertz CT molecular complexity index is 842. The number of anilines is 1. The van der Waals surface area contributed by atoms with E-state index in [-0.39, 0.29) is 6.04 Å². The van der Waals surface area contributed by atoms with Gasteiger partial charge in [-0.25, -0.2) is 9.78 Å². The predicted octanol–water partition coefficient (Wildman–Crippen LogP) is 2.13. The highest BCUT2D eigenvalue weighted by Crippen LogP contribution is 2.17. The average molecular weight is 349 g/mol. The molecule has 2 aromatic rings. The number of nitriles is 1. The van der Waals surface area contributed by atoms with Crippen LogP contribution in [0, 0.1) is 11.3 Å². The van der Waals surface area contributed by atoms with Gasteiger partial charge in [-0.15, -0.1) is 0 Å². The molecule has 0 radical (unpaired) electrons. The first-order valence-electron chi connectivity index (χ1n) is 8.33. The van der Waals surface area contributed by atoms with Gasteiger partial charge in [-0.3, -0.25) is 9.88 Å².